The molecular formula is C16H35IN4OS. The number of nitrogens with one attached hydrogen (secondary N) is 1. The average Bonchev–Trinajstić information content (AvgIpc) is 2.89. The van der Waals surface area contributed by atoms with Gasteiger partial charge >= 0.3 is 0 Å². The quantitative estimate of drug-likeness (QED) is 0.377. The summed E-state index contributed by atoms with van der Waals surface area (Å²) in [6.45, 7) is 12.3. The number of rotatable bonds is 6. The van der Waals surface area contributed by atoms with E-state index in [4.69, 9.17) is 0 Å². The standard InChI is InChI=1S/C16H34N4OS.HI/c1-7-20-11-8-9-14(20)13-19(6)15(17-5)18-10-12-22(21)16(2,3)4;/h14H,7-13H2,1-6H3,(H,17,18);1H. The molecule has 1 aliphatic heterocycles. The third-order valence-corrected chi connectivity index (χ3v) is 6.16. The zero-order valence-corrected chi connectivity index (χ0v) is 18.7. The number of halogens is 1. The maximum atomic E-state index is 12.1. The summed E-state index contributed by atoms with van der Waals surface area (Å²) in [4.78, 5) is 9.09. The first-order chi connectivity index (χ1) is 10.3. The van der Waals surface area contributed by atoms with E-state index in [1.165, 1.54) is 19.4 Å². The van der Waals surface area contributed by atoms with Crippen LogP contribution in [0.1, 0.15) is 40.5 Å². The van der Waals surface area contributed by atoms with Crippen LogP contribution >= 0.6 is 24.0 Å². The molecule has 138 valence electrons. The van der Waals surface area contributed by atoms with E-state index in [9.17, 15) is 4.21 Å². The van der Waals surface area contributed by atoms with Gasteiger partial charge in [-0.3, -0.25) is 14.1 Å². The second-order valence-corrected chi connectivity index (χ2v) is 9.27. The third kappa shape index (κ3) is 7.69. The number of hydrogen-bond donors (Lipinski definition) is 1. The fraction of sp³-hybridized carbons (Fsp3) is 0.938. The monoisotopic (exact) mass is 458 g/mol. The Morgan fingerprint density at radius 2 is 2.09 bits per heavy atom. The first-order valence-electron chi connectivity index (χ1n) is 8.34. The van der Waals surface area contributed by atoms with Gasteiger partial charge < -0.3 is 10.2 Å². The molecular weight excluding hydrogens is 423 g/mol. The van der Waals surface area contributed by atoms with E-state index in [-0.39, 0.29) is 28.7 Å². The van der Waals surface area contributed by atoms with Gasteiger partial charge in [0, 0.05) is 54.5 Å². The fourth-order valence-corrected chi connectivity index (χ4v) is 3.77. The van der Waals surface area contributed by atoms with Crippen LogP contribution in [0, 0.1) is 0 Å². The highest BCUT2D eigenvalue weighted by Crippen LogP contribution is 2.17. The Morgan fingerprint density at radius 1 is 1.43 bits per heavy atom. The average molecular weight is 458 g/mol. The second-order valence-electron chi connectivity index (χ2n) is 6.94. The predicted octanol–water partition coefficient (Wildman–Crippen LogP) is 2.14. The molecule has 23 heavy (non-hydrogen) atoms. The highest BCUT2D eigenvalue weighted by atomic mass is 127. The van der Waals surface area contributed by atoms with Crippen molar-refractivity contribution in [2.75, 3.05) is 46.0 Å². The Labute approximate surface area is 162 Å². The van der Waals surface area contributed by atoms with Gasteiger partial charge in [0.2, 0.25) is 0 Å². The molecule has 5 nitrogen and oxygen atoms in total. The molecule has 0 aromatic heterocycles. The van der Waals surface area contributed by atoms with Crippen LogP contribution in [0.4, 0.5) is 0 Å². The molecule has 0 spiro atoms. The SMILES string of the molecule is CCN1CCCC1CN(C)C(=NC)NCCS(=O)C(C)(C)C.I. The highest BCUT2D eigenvalue weighted by Gasteiger charge is 2.25. The van der Waals surface area contributed by atoms with Gasteiger partial charge in [0.25, 0.3) is 0 Å². The van der Waals surface area contributed by atoms with E-state index < -0.39 is 10.8 Å². The lowest BCUT2D eigenvalue weighted by atomic mass is 10.2. The minimum atomic E-state index is -0.824. The molecule has 0 bridgehead atoms. The lowest BCUT2D eigenvalue weighted by Gasteiger charge is -2.30. The Morgan fingerprint density at radius 3 is 2.61 bits per heavy atom. The highest BCUT2D eigenvalue weighted by molar-refractivity contribution is 14.0. The minimum absolute atomic E-state index is 0. The Bertz CT molecular complexity index is 398. The first-order valence-corrected chi connectivity index (χ1v) is 9.65. The van der Waals surface area contributed by atoms with Gasteiger partial charge in [-0.1, -0.05) is 6.92 Å². The Balaban J connectivity index is 0.00000484. The molecule has 2 atom stereocenters. The van der Waals surface area contributed by atoms with Gasteiger partial charge in [-0.15, -0.1) is 24.0 Å². The van der Waals surface area contributed by atoms with Crippen LogP contribution in [0.15, 0.2) is 4.99 Å². The molecule has 1 aliphatic rings. The van der Waals surface area contributed by atoms with Crippen LogP contribution in [-0.4, -0.2) is 76.8 Å². The van der Waals surface area contributed by atoms with Gasteiger partial charge in [-0.05, 0) is 46.7 Å². The molecule has 7 heteroatoms. The van der Waals surface area contributed by atoms with Crippen molar-refractivity contribution >= 4 is 40.7 Å². The van der Waals surface area contributed by atoms with Crippen LogP contribution in [0.3, 0.4) is 0 Å². The van der Waals surface area contributed by atoms with Crippen LogP contribution in [0.5, 0.6) is 0 Å². The van der Waals surface area contributed by atoms with Crippen LogP contribution in [-0.2, 0) is 10.8 Å². The molecule has 0 aliphatic carbocycles. The van der Waals surface area contributed by atoms with Crippen molar-refractivity contribution in [2.24, 2.45) is 4.99 Å². The largest absolute Gasteiger partial charge is 0.355 e. The predicted molar refractivity (Wildman–Crippen MR) is 112 cm³/mol. The molecule has 1 fully saturated rings. The Kier molecular flexibility index (Phi) is 10.9. The van der Waals surface area contributed by atoms with E-state index in [0.717, 1.165) is 19.0 Å². The van der Waals surface area contributed by atoms with Gasteiger partial charge in [-0.2, -0.15) is 0 Å². The van der Waals surface area contributed by atoms with Crippen LogP contribution in [0.25, 0.3) is 0 Å². The third-order valence-electron chi connectivity index (χ3n) is 4.22. The van der Waals surface area contributed by atoms with E-state index in [1.807, 2.05) is 27.8 Å². The van der Waals surface area contributed by atoms with Crippen LogP contribution in [0.2, 0.25) is 0 Å². The molecule has 0 amide bonds. The van der Waals surface area contributed by atoms with E-state index in [1.54, 1.807) is 0 Å². The maximum Gasteiger partial charge on any atom is 0.193 e. The molecule has 0 aromatic carbocycles. The summed E-state index contributed by atoms with van der Waals surface area (Å²) < 4.78 is 11.9. The lowest BCUT2D eigenvalue weighted by molar-refractivity contribution is 0.233. The molecule has 1 N–H and O–H groups in total. The fourth-order valence-electron chi connectivity index (χ4n) is 2.87. The molecule has 2 unspecified atom stereocenters. The lowest BCUT2D eigenvalue weighted by Crippen LogP contribution is -2.46. The molecule has 1 rings (SSSR count). The summed E-state index contributed by atoms with van der Waals surface area (Å²) in [7, 11) is 3.07. The smallest absolute Gasteiger partial charge is 0.193 e. The zero-order valence-electron chi connectivity index (χ0n) is 15.6. The molecule has 0 aromatic rings. The number of aliphatic imine (C=N–C) groups is 1. The molecule has 0 radical (unpaired) electrons. The number of guanidine groups is 1. The first kappa shape index (κ1) is 23.1. The Hall–Kier alpha value is 0.110. The number of likely N-dealkylation sites (N-methyl/N-ethyl adjacent to an activating group) is 2. The van der Waals surface area contributed by atoms with E-state index in [2.05, 4.69) is 34.1 Å². The minimum Gasteiger partial charge on any atom is -0.355 e. The van der Waals surface area contributed by atoms with Crippen molar-refractivity contribution in [1.82, 2.24) is 15.1 Å². The molecule has 0 saturated carbocycles. The maximum absolute atomic E-state index is 12.1. The summed E-state index contributed by atoms with van der Waals surface area (Å²) in [5.74, 6) is 1.55. The molecule has 1 saturated heterocycles. The van der Waals surface area contributed by atoms with Gasteiger partial charge in [0.05, 0.1) is 0 Å². The second kappa shape index (κ2) is 10.9. The number of hydrogen-bond acceptors (Lipinski definition) is 3. The van der Waals surface area contributed by atoms with Crippen molar-refractivity contribution in [3.8, 4) is 0 Å². The van der Waals surface area contributed by atoms with Gasteiger partial charge in [-0.25, -0.2) is 0 Å². The van der Waals surface area contributed by atoms with Crippen molar-refractivity contribution in [2.45, 2.75) is 51.3 Å². The molecule has 1 heterocycles. The normalized spacial score (nSPS) is 21.0. The van der Waals surface area contributed by atoms with Gasteiger partial charge in [0.1, 0.15) is 0 Å². The van der Waals surface area contributed by atoms with E-state index in [0.29, 0.717) is 18.3 Å². The summed E-state index contributed by atoms with van der Waals surface area (Å²) in [6.07, 6.45) is 2.56. The summed E-state index contributed by atoms with van der Waals surface area (Å²) in [6, 6.07) is 0.622. The van der Waals surface area contributed by atoms with Crippen molar-refractivity contribution in [1.29, 1.82) is 0 Å². The van der Waals surface area contributed by atoms with Crippen LogP contribution < -0.4 is 5.32 Å². The number of nitrogens with zero attached hydrogens (tertiary/aromatic N) is 3. The summed E-state index contributed by atoms with van der Waals surface area (Å²) in [5, 5.41) is 3.34. The van der Waals surface area contributed by atoms with Crippen molar-refractivity contribution in [3.05, 3.63) is 0 Å². The van der Waals surface area contributed by atoms with E-state index >= 15 is 0 Å². The topological polar surface area (TPSA) is 47.9 Å². The number of likely N-dealkylation sites (tertiary alicyclic amines) is 1. The van der Waals surface area contributed by atoms with Crippen molar-refractivity contribution < 1.29 is 4.21 Å². The summed E-state index contributed by atoms with van der Waals surface area (Å²) in [5.41, 5.74) is 0. The van der Waals surface area contributed by atoms with Crippen molar-refractivity contribution in [3.63, 3.8) is 0 Å². The van der Waals surface area contributed by atoms with Gasteiger partial charge in [0.15, 0.2) is 5.96 Å². The zero-order chi connectivity index (χ0) is 16.8. The summed E-state index contributed by atoms with van der Waals surface area (Å²) >= 11 is 0.